The van der Waals surface area contributed by atoms with Crippen molar-refractivity contribution in [3.63, 3.8) is 0 Å². The topological polar surface area (TPSA) is 83.8 Å². The number of nitrogen functional groups attached to an aromatic ring is 1. The molecule has 0 radical (unpaired) electrons. The maximum Gasteiger partial charge on any atom is 0.166 e. The number of ether oxygens (including phenoxy) is 1. The van der Waals surface area contributed by atoms with Crippen LogP contribution in [-0.4, -0.2) is 24.5 Å². The molecule has 0 fully saturated rings. The van der Waals surface area contributed by atoms with Gasteiger partial charge < -0.3 is 10.5 Å². The lowest BCUT2D eigenvalue weighted by atomic mass is 9.94. The van der Waals surface area contributed by atoms with Crippen molar-refractivity contribution in [2.24, 2.45) is 7.05 Å². The fourth-order valence-electron chi connectivity index (χ4n) is 4.31. The zero-order valence-electron chi connectivity index (χ0n) is 17.6. The Morgan fingerprint density at radius 3 is 2.71 bits per heavy atom. The van der Waals surface area contributed by atoms with Gasteiger partial charge in [-0.05, 0) is 38.1 Å². The average molecular weight is 418 g/mol. The van der Waals surface area contributed by atoms with Crippen molar-refractivity contribution >= 4 is 5.82 Å². The van der Waals surface area contributed by atoms with E-state index in [1.54, 1.807) is 12.3 Å². The minimum absolute atomic E-state index is 0.288. The second-order valence-electron chi connectivity index (χ2n) is 7.75. The van der Waals surface area contributed by atoms with Gasteiger partial charge in [-0.1, -0.05) is 0 Å². The van der Waals surface area contributed by atoms with Crippen molar-refractivity contribution < 1.29 is 9.13 Å². The van der Waals surface area contributed by atoms with Gasteiger partial charge >= 0.3 is 0 Å². The van der Waals surface area contributed by atoms with Crippen molar-refractivity contribution in [2.45, 2.75) is 32.9 Å². The smallest absolute Gasteiger partial charge is 0.166 e. The first-order chi connectivity index (χ1) is 15.0. The molecular formula is C23H23FN6O. The Morgan fingerprint density at radius 2 is 1.90 bits per heavy atom. The number of anilines is 1. The number of hydrogen-bond acceptors (Lipinski definition) is 5. The zero-order valence-corrected chi connectivity index (χ0v) is 17.6. The van der Waals surface area contributed by atoms with Crippen LogP contribution in [0.15, 0.2) is 42.9 Å². The molecule has 0 aliphatic carbocycles. The molecule has 0 amide bonds. The third kappa shape index (κ3) is 3.15. The van der Waals surface area contributed by atoms with Gasteiger partial charge in [-0.3, -0.25) is 9.36 Å². The summed E-state index contributed by atoms with van der Waals surface area (Å²) < 4.78 is 24.2. The van der Waals surface area contributed by atoms with Crippen LogP contribution in [0, 0.1) is 5.82 Å². The van der Waals surface area contributed by atoms with E-state index in [0.717, 1.165) is 39.2 Å². The third-order valence-corrected chi connectivity index (χ3v) is 5.78. The number of benzene rings is 1. The summed E-state index contributed by atoms with van der Waals surface area (Å²) in [7, 11) is 1.89. The quantitative estimate of drug-likeness (QED) is 0.502. The number of rotatable bonds is 1. The van der Waals surface area contributed by atoms with Gasteiger partial charge in [-0.15, -0.1) is 0 Å². The highest BCUT2D eigenvalue weighted by Gasteiger charge is 2.24. The largest absolute Gasteiger partial charge is 0.482 e. The molecule has 0 saturated carbocycles. The van der Waals surface area contributed by atoms with Crippen LogP contribution in [-0.2, 0) is 20.0 Å². The Labute approximate surface area is 179 Å². The van der Waals surface area contributed by atoms with Gasteiger partial charge in [-0.25, -0.2) is 9.37 Å². The Hall–Kier alpha value is -3.68. The first-order valence-electron chi connectivity index (χ1n) is 10.2. The number of aromatic nitrogens is 5. The second kappa shape index (κ2) is 7.23. The molecule has 4 heterocycles. The lowest BCUT2D eigenvalue weighted by Crippen LogP contribution is -2.10. The highest BCUT2D eigenvalue weighted by Crippen LogP contribution is 2.38. The molecule has 0 unspecified atom stereocenters. The van der Waals surface area contributed by atoms with E-state index in [0.29, 0.717) is 18.7 Å². The van der Waals surface area contributed by atoms with Gasteiger partial charge in [0.1, 0.15) is 11.9 Å². The van der Waals surface area contributed by atoms with Gasteiger partial charge in [0.05, 0.1) is 23.8 Å². The van der Waals surface area contributed by atoms with E-state index in [2.05, 4.69) is 15.2 Å². The number of halogens is 1. The van der Waals surface area contributed by atoms with E-state index in [9.17, 15) is 4.39 Å². The molecule has 158 valence electrons. The highest BCUT2D eigenvalue weighted by molar-refractivity contribution is 5.72. The molecule has 3 aromatic heterocycles. The SMILES string of the molecule is CCn1ncc2c1-c1cnc(N)c(c1)O[C@@H](C)c1cc(F)ccc1-c1c(cnn1C)C2. The number of aryl methyl sites for hydroxylation is 2. The van der Waals surface area contributed by atoms with Crippen molar-refractivity contribution in [1.82, 2.24) is 24.5 Å². The molecule has 1 atom stereocenters. The number of nitrogens with zero attached hydrogens (tertiary/aromatic N) is 5. The monoisotopic (exact) mass is 418 g/mol. The van der Waals surface area contributed by atoms with Crippen molar-refractivity contribution in [3.8, 4) is 28.3 Å². The summed E-state index contributed by atoms with van der Waals surface area (Å²) >= 11 is 0. The molecule has 0 spiro atoms. The molecule has 1 aliphatic heterocycles. The van der Waals surface area contributed by atoms with E-state index in [1.807, 2.05) is 48.7 Å². The number of nitrogens with two attached hydrogens (primary N) is 1. The molecule has 0 saturated heterocycles. The lowest BCUT2D eigenvalue weighted by molar-refractivity contribution is 0.227. The Balaban J connectivity index is 1.82. The van der Waals surface area contributed by atoms with Crippen LogP contribution in [0.25, 0.3) is 22.5 Å². The zero-order chi connectivity index (χ0) is 21.7. The van der Waals surface area contributed by atoms with Crippen LogP contribution in [0.5, 0.6) is 5.75 Å². The van der Waals surface area contributed by atoms with Gasteiger partial charge in [0.15, 0.2) is 11.6 Å². The Bertz CT molecular complexity index is 1290. The van der Waals surface area contributed by atoms with Crippen LogP contribution < -0.4 is 10.5 Å². The highest BCUT2D eigenvalue weighted by atomic mass is 19.1. The van der Waals surface area contributed by atoms with Crippen molar-refractivity contribution in [3.05, 3.63) is 65.4 Å². The van der Waals surface area contributed by atoms with Gasteiger partial charge in [0.2, 0.25) is 0 Å². The molecular weight excluding hydrogens is 395 g/mol. The minimum Gasteiger partial charge on any atom is -0.482 e. The summed E-state index contributed by atoms with van der Waals surface area (Å²) in [6.07, 6.45) is 5.65. The standard InChI is InChI=1S/C23H23FN6O/c1-4-30-21-14(12-28-30)7-15-11-27-29(3)22(15)18-6-5-17(24)9-19(18)13(2)31-20-8-16(21)10-26-23(20)25/h5-6,8-13H,4,7H2,1-3H3,(H2,25,26)/t13-/m0/s1. The molecule has 7 nitrogen and oxygen atoms in total. The Morgan fingerprint density at radius 1 is 1.13 bits per heavy atom. The maximum absolute atomic E-state index is 14.2. The molecule has 1 aliphatic rings. The molecule has 31 heavy (non-hydrogen) atoms. The van der Waals surface area contributed by atoms with E-state index in [1.165, 1.54) is 12.1 Å². The molecule has 8 heteroatoms. The van der Waals surface area contributed by atoms with Gasteiger partial charge in [-0.2, -0.15) is 10.2 Å². The number of pyridine rings is 1. The summed E-state index contributed by atoms with van der Waals surface area (Å²) in [5.74, 6) is 0.424. The molecule has 2 N–H and O–H groups in total. The Kier molecular flexibility index (Phi) is 4.50. The fourth-order valence-corrected chi connectivity index (χ4v) is 4.31. The summed E-state index contributed by atoms with van der Waals surface area (Å²) in [6.45, 7) is 4.65. The fraction of sp³-hybridized carbons (Fsp3) is 0.261. The minimum atomic E-state index is -0.456. The predicted molar refractivity (Wildman–Crippen MR) is 116 cm³/mol. The van der Waals surface area contributed by atoms with Crippen molar-refractivity contribution in [2.75, 3.05) is 5.73 Å². The van der Waals surface area contributed by atoms with E-state index in [-0.39, 0.29) is 11.6 Å². The first kappa shape index (κ1) is 19.3. The molecule has 4 aromatic rings. The normalized spacial score (nSPS) is 15.2. The van der Waals surface area contributed by atoms with E-state index >= 15 is 0 Å². The average Bonchev–Trinajstić information content (AvgIpc) is 3.32. The van der Waals surface area contributed by atoms with Crippen molar-refractivity contribution in [1.29, 1.82) is 0 Å². The molecule has 5 rings (SSSR count). The van der Waals surface area contributed by atoms with E-state index < -0.39 is 6.10 Å². The van der Waals surface area contributed by atoms with Crippen LogP contribution in [0.1, 0.15) is 36.6 Å². The van der Waals surface area contributed by atoms with Crippen LogP contribution in [0.4, 0.5) is 10.2 Å². The maximum atomic E-state index is 14.2. The molecule has 1 aromatic carbocycles. The van der Waals surface area contributed by atoms with E-state index in [4.69, 9.17) is 10.5 Å². The number of fused-ring (bicyclic) bond motifs is 7. The van der Waals surface area contributed by atoms with Crippen LogP contribution >= 0.6 is 0 Å². The second-order valence-corrected chi connectivity index (χ2v) is 7.75. The van der Waals surface area contributed by atoms with Gasteiger partial charge in [0, 0.05) is 54.0 Å². The first-order valence-corrected chi connectivity index (χ1v) is 10.2. The third-order valence-electron chi connectivity index (χ3n) is 5.78. The molecule has 2 bridgehead atoms. The number of hydrogen-bond donors (Lipinski definition) is 1. The lowest BCUT2D eigenvalue weighted by Gasteiger charge is -2.21. The van der Waals surface area contributed by atoms with Gasteiger partial charge in [0.25, 0.3) is 0 Å². The van der Waals surface area contributed by atoms with Crippen LogP contribution in [0.2, 0.25) is 0 Å². The summed E-state index contributed by atoms with van der Waals surface area (Å²) in [4.78, 5) is 4.36. The summed E-state index contributed by atoms with van der Waals surface area (Å²) in [6, 6.07) is 6.64. The summed E-state index contributed by atoms with van der Waals surface area (Å²) in [5, 5.41) is 9.07. The predicted octanol–water partition coefficient (Wildman–Crippen LogP) is 4.13. The summed E-state index contributed by atoms with van der Waals surface area (Å²) in [5.41, 5.74) is 12.6. The van der Waals surface area contributed by atoms with Crippen LogP contribution in [0.3, 0.4) is 0 Å².